The molecule has 0 spiro atoms. The molecular formula is C25H35BN2O5. The van der Waals surface area contributed by atoms with E-state index in [1.54, 1.807) is 4.90 Å². The Morgan fingerprint density at radius 2 is 1.67 bits per heavy atom. The van der Waals surface area contributed by atoms with Gasteiger partial charge in [0.1, 0.15) is 5.60 Å². The lowest BCUT2D eigenvalue weighted by Crippen LogP contribution is -2.43. The molecule has 0 saturated carbocycles. The number of nitrogens with zero attached hydrogens (tertiary/aromatic N) is 2. The van der Waals surface area contributed by atoms with E-state index >= 15 is 0 Å². The van der Waals surface area contributed by atoms with Crippen LogP contribution >= 0.6 is 0 Å². The molecule has 1 aromatic carbocycles. The van der Waals surface area contributed by atoms with Gasteiger partial charge in [-0.1, -0.05) is 12.1 Å². The Kier molecular flexibility index (Phi) is 5.90. The zero-order chi connectivity index (χ0) is 24.2. The van der Waals surface area contributed by atoms with Crippen LogP contribution in [0.4, 0.5) is 4.79 Å². The molecule has 2 aliphatic heterocycles. The summed E-state index contributed by atoms with van der Waals surface area (Å²) in [4.78, 5) is 27.3. The molecular weight excluding hydrogens is 419 g/mol. The lowest BCUT2D eigenvalue weighted by Gasteiger charge is -2.34. The molecule has 4 rings (SSSR count). The van der Waals surface area contributed by atoms with Crippen molar-refractivity contribution in [2.75, 3.05) is 13.1 Å². The topological polar surface area (TPSA) is 70.0 Å². The minimum Gasteiger partial charge on any atom is -0.444 e. The number of carbonyl (C=O) groups excluding carboxylic acids is 1. The van der Waals surface area contributed by atoms with Gasteiger partial charge in [0.15, 0.2) is 0 Å². The average molecular weight is 454 g/mol. The van der Waals surface area contributed by atoms with Gasteiger partial charge >= 0.3 is 13.2 Å². The van der Waals surface area contributed by atoms with Crippen LogP contribution in [0.1, 0.15) is 67.3 Å². The van der Waals surface area contributed by atoms with E-state index < -0.39 is 23.9 Å². The van der Waals surface area contributed by atoms with E-state index in [0.717, 1.165) is 23.7 Å². The van der Waals surface area contributed by atoms with Crippen LogP contribution in [0.3, 0.4) is 0 Å². The van der Waals surface area contributed by atoms with E-state index in [4.69, 9.17) is 14.0 Å². The number of amides is 1. The van der Waals surface area contributed by atoms with Gasteiger partial charge in [0.25, 0.3) is 5.56 Å². The Morgan fingerprint density at radius 1 is 1.06 bits per heavy atom. The highest BCUT2D eigenvalue weighted by molar-refractivity contribution is 6.62. The predicted molar refractivity (Wildman–Crippen MR) is 130 cm³/mol. The van der Waals surface area contributed by atoms with Crippen LogP contribution in [-0.4, -0.2) is 52.6 Å². The zero-order valence-corrected chi connectivity index (χ0v) is 20.8. The van der Waals surface area contributed by atoms with Crippen molar-refractivity contribution < 1.29 is 18.8 Å². The Labute approximate surface area is 196 Å². The lowest BCUT2D eigenvalue weighted by atomic mass is 9.78. The molecule has 0 bridgehead atoms. The summed E-state index contributed by atoms with van der Waals surface area (Å²) in [5.74, 6) is 0. The molecule has 178 valence electrons. The number of carbonyl (C=O) groups is 1. The summed E-state index contributed by atoms with van der Waals surface area (Å²) in [6.45, 7) is 14.9. The number of aromatic nitrogens is 1. The first-order valence-electron chi connectivity index (χ1n) is 11.8. The number of fused-ring (bicyclic) bond motifs is 1. The van der Waals surface area contributed by atoms with E-state index in [1.165, 1.54) is 0 Å². The van der Waals surface area contributed by atoms with E-state index in [2.05, 4.69) is 0 Å². The molecule has 0 unspecified atom stereocenters. The normalized spacial score (nSPS) is 20.9. The number of benzene rings is 1. The maximum absolute atomic E-state index is 13.3. The third-order valence-electron chi connectivity index (χ3n) is 6.99. The third kappa shape index (κ3) is 4.69. The highest BCUT2D eigenvalue weighted by Gasteiger charge is 2.51. The standard InChI is InChI=1S/C25H35BN2O5/c1-23(2,3)31-22(30)27-13-11-19(12-14-27)28-15-10-17-16-18(8-9-20(17)21(28)29)26-32-24(4,5)25(6,7)33-26/h8-10,15-16,19H,11-14H2,1-7H3. The van der Waals surface area contributed by atoms with Crippen molar-refractivity contribution in [1.82, 2.24) is 9.47 Å². The van der Waals surface area contributed by atoms with Crippen LogP contribution in [0.25, 0.3) is 10.8 Å². The number of pyridine rings is 1. The summed E-state index contributed by atoms with van der Waals surface area (Å²) in [5, 5.41) is 1.54. The molecule has 2 saturated heterocycles. The SMILES string of the molecule is CC(C)(C)OC(=O)N1CCC(n2ccc3cc(B4OC(C)(C)C(C)(C)O4)ccc3c2=O)CC1. The fraction of sp³-hybridized carbons (Fsp3) is 0.600. The maximum atomic E-state index is 13.3. The zero-order valence-electron chi connectivity index (χ0n) is 20.8. The number of piperidine rings is 1. The molecule has 33 heavy (non-hydrogen) atoms. The summed E-state index contributed by atoms with van der Waals surface area (Å²) in [7, 11) is -0.459. The van der Waals surface area contributed by atoms with Gasteiger partial charge in [0.2, 0.25) is 0 Å². The molecule has 0 radical (unpaired) electrons. The molecule has 2 fully saturated rings. The van der Waals surface area contributed by atoms with Crippen molar-refractivity contribution in [3.8, 4) is 0 Å². The Morgan fingerprint density at radius 3 is 2.24 bits per heavy atom. The first-order chi connectivity index (χ1) is 15.3. The third-order valence-corrected chi connectivity index (χ3v) is 6.99. The van der Waals surface area contributed by atoms with Gasteiger partial charge in [0, 0.05) is 30.7 Å². The Bertz CT molecular complexity index is 1090. The van der Waals surface area contributed by atoms with E-state index in [9.17, 15) is 9.59 Å². The van der Waals surface area contributed by atoms with Crippen LogP contribution in [-0.2, 0) is 14.0 Å². The highest BCUT2D eigenvalue weighted by atomic mass is 16.7. The van der Waals surface area contributed by atoms with Crippen molar-refractivity contribution >= 4 is 29.4 Å². The summed E-state index contributed by atoms with van der Waals surface area (Å²) in [6, 6.07) is 7.80. The number of rotatable bonds is 2. The summed E-state index contributed by atoms with van der Waals surface area (Å²) < 4.78 is 19.6. The summed E-state index contributed by atoms with van der Waals surface area (Å²) >= 11 is 0. The summed E-state index contributed by atoms with van der Waals surface area (Å²) in [5.41, 5.74) is -0.441. The van der Waals surface area contributed by atoms with Gasteiger partial charge in [-0.3, -0.25) is 4.79 Å². The second-order valence-electron chi connectivity index (χ2n) is 11.2. The van der Waals surface area contributed by atoms with Gasteiger partial charge in [0.05, 0.1) is 11.2 Å². The molecule has 2 aromatic rings. The smallest absolute Gasteiger partial charge is 0.444 e. The van der Waals surface area contributed by atoms with E-state index in [-0.39, 0.29) is 17.7 Å². The molecule has 7 nitrogen and oxygen atoms in total. The maximum Gasteiger partial charge on any atom is 0.494 e. The number of hydrogen-bond donors (Lipinski definition) is 0. The second kappa shape index (κ2) is 8.17. The quantitative estimate of drug-likeness (QED) is 0.645. The minimum atomic E-state index is -0.512. The van der Waals surface area contributed by atoms with E-state index in [1.807, 2.05) is 83.5 Å². The molecule has 1 aromatic heterocycles. The fourth-order valence-electron chi connectivity index (χ4n) is 4.35. The molecule has 3 heterocycles. The van der Waals surface area contributed by atoms with Crippen LogP contribution in [0.5, 0.6) is 0 Å². The molecule has 0 aliphatic carbocycles. The largest absolute Gasteiger partial charge is 0.494 e. The van der Waals surface area contributed by atoms with Gasteiger partial charge in [-0.25, -0.2) is 4.79 Å². The van der Waals surface area contributed by atoms with Gasteiger partial charge < -0.3 is 23.5 Å². The Hall–Kier alpha value is -2.32. The van der Waals surface area contributed by atoms with Crippen molar-refractivity contribution in [2.45, 2.75) is 84.2 Å². The van der Waals surface area contributed by atoms with Crippen LogP contribution in [0.15, 0.2) is 35.3 Å². The van der Waals surface area contributed by atoms with Gasteiger partial charge in [-0.2, -0.15) is 0 Å². The molecule has 8 heteroatoms. The predicted octanol–water partition coefficient (Wildman–Crippen LogP) is 3.87. The molecule has 1 amide bonds. The van der Waals surface area contributed by atoms with Gasteiger partial charge in [-0.05, 0) is 84.3 Å². The lowest BCUT2D eigenvalue weighted by molar-refractivity contribution is 0.00578. The fourth-order valence-corrected chi connectivity index (χ4v) is 4.35. The van der Waals surface area contributed by atoms with Crippen LogP contribution in [0.2, 0.25) is 0 Å². The average Bonchev–Trinajstić information content (AvgIpc) is 2.94. The minimum absolute atomic E-state index is 0.0105. The number of hydrogen-bond acceptors (Lipinski definition) is 5. The number of ether oxygens (including phenoxy) is 1. The van der Waals surface area contributed by atoms with Crippen LogP contribution in [0, 0.1) is 0 Å². The molecule has 0 atom stereocenters. The van der Waals surface area contributed by atoms with Gasteiger partial charge in [-0.15, -0.1) is 0 Å². The second-order valence-corrected chi connectivity index (χ2v) is 11.2. The summed E-state index contributed by atoms with van der Waals surface area (Å²) in [6.07, 6.45) is 3.02. The monoisotopic (exact) mass is 454 g/mol. The Balaban J connectivity index is 1.50. The first-order valence-corrected chi connectivity index (χ1v) is 11.8. The van der Waals surface area contributed by atoms with Crippen molar-refractivity contribution in [3.05, 3.63) is 40.8 Å². The van der Waals surface area contributed by atoms with Crippen molar-refractivity contribution in [1.29, 1.82) is 0 Å². The van der Waals surface area contributed by atoms with Crippen LogP contribution < -0.4 is 11.0 Å². The highest BCUT2D eigenvalue weighted by Crippen LogP contribution is 2.36. The molecule has 0 N–H and O–H groups in total. The van der Waals surface area contributed by atoms with E-state index in [0.29, 0.717) is 18.5 Å². The molecule has 2 aliphatic rings. The van der Waals surface area contributed by atoms with Crippen molar-refractivity contribution in [2.24, 2.45) is 0 Å². The van der Waals surface area contributed by atoms with Crippen molar-refractivity contribution in [3.63, 3.8) is 0 Å². The first kappa shape index (κ1) is 23.8. The number of likely N-dealkylation sites (tertiary alicyclic amines) is 1.